The highest BCUT2D eigenvalue weighted by atomic mass is 15.2. The fourth-order valence-electron chi connectivity index (χ4n) is 2.88. The van der Waals surface area contributed by atoms with Crippen molar-refractivity contribution in [3.63, 3.8) is 0 Å². The lowest BCUT2D eigenvalue weighted by atomic mass is 10.1. The average molecular weight is 167 g/mol. The molecule has 1 heterocycles. The minimum atomic E-state index is 0.688. The maximum absolute atomic E-state index is 2.64. The summed E-state index contributed by atoms with van der Waals surface area (Å²) in [7, 11) is 0. The van der Waals surface area contributed by atoms with Crippen LogP contribution in [-0.4, -0.2) is 24.5 Å². The van der Waals surface area contributed by atoms with Crippen LogP contribution in [0.3, 0.4) is 0 Å². The Labute approximate surface area is 76.1 Å². The van der Waals surface area contributed by atoms with Gasteiger partial charge in [0.05, 0.1) is 0 Å². The highest BCUT2D eigenvalue weighted by Gasteiger charge is 2.61. The molecule has 0 aromatic rings. The Balaban J connectivity index is 1.82. The van der Waals surface area contributed by atoms with Gasteiger partial charge in [-0.05, 0) is 23.2 Å². The maximum atomic E-state index is 2.64. The minimum Gasteiger partial charge on any atom is -0.302 e. The van der Waals surface area contributed by atoms with Gasteiger partial charge in [0.1, 0.15) is 0 Å². The molecule has 2 aliphatic rings. The van der Waals surface area contributed by atoms with Crippen LogP contribution in [0.4, 0.5) is 0 Å². The molecule has 0 aromatic carbocycles. The molecule has 1 aliphatic carbocycles. The molecular formula is C11H21N. The van der Waals surface area contributed by atoms with Gasteiger partial charge in [0.15, 0.2) is 0 Å². The van der Waals surface area contributed by atoms with Crippen molar-refractivity contribution in [2.45, 2.75) is 27.7 Å². The van der Waals surface area contributed by atoms with Gasteiger partial charge in [-0.2, -0.15) is 0 Å². The molecule has 0 aromatic heterocycles. The van der Waals surface area contributed by atoms with Crippen LogP contribution in [0.5, 0.6) is 0 Å². The Morgan fingerprint density at radius 2 is 1.75 bits per heavy atom. The topological polar surface area (TPSA) is 3.24 Å². The van der Waals surface area contributed by atoms with Crippen molar-refractivity contribution in [3.05, 3.63) is 0 Å². The molecule has 2 rings (SSSR count). The van der Waals surface area contributed by atoms with Crippen LogP contribution >= 0.6 is 0 Å². The summed E-state index contributed by atoms with van der Waals surface area (Å²) >= 11 is 0. The zero-order chi connectivity index (χ0) is 8.93. The van der Waals surface area contributed by atoms with Crippen LogP contribution in [0.25, 0.3) is 0 Å². The molecule has 0 N–H and O–H groups in total. The fraction of sp³-hybridized carbons (Fsp3) is 1.00. The molecular weight excluding hydrogens is 146 g/mol. The van der Waals surface area contributed by atoms with E-state index in [9.17, 15) is 0 Å². The SMILES string of the molecule is CC(C)CN1CC2C(C1)C2(C)C. The van der Waals surface area contributed by atoms with Crippen molar-refractivity contribution < 1.29 is 0 Å². The zero-order valence-corrected chi connectivity index (χ0v) is 8.80. The normalized spacial score (nSPS) is 38.8. The van der Waals surface area contributed by atoms with Crippen LogP contribution in [0.2, 0.25) is 0 Å². The van der Waals surface area contributed by atoms with Crippen LogP contribution in [-0.2, 0) is 0 Å². The first-order valence-electron chi connectivity index (χ1n) is 5.24. The molecule has 1 saturated heterocycles. The lowest BCUT2D eigenvalue weighted by Crippen LogP contribution is -2.29. The van der Waals surface area contributed by atoms with Crippen molar-refractivity contribution in [1.82, 2.24) is 4.90 Å². The Kier molecular flexibility index (Phi) is 1.76. The van der Waals surface area contributed by atoms with E-state index in [1.165, 1.54) is 19.6 Å². The quantitative estimate of drug-likeness (QED) is 0.609. The van der Waals surface area contributed by atoms with Gasteiger partial charge in [0.25, 0.3) is 0 Å². The summed E-state index contributed by atoms with van der Waals surface area (Å²) < 4.78 is 0. The van der Waals surface area contributed by atoms with E-state index < -0.39 is 0 Å². The van der Waals surface area contributed by atoms with Gasteiger partial charge >= 0.3 is 0 Å². The standard InChI is InChI=1S/C11H21N/c1-8(2)5-12-6-9-10(7-12)11(9,3)4/h8-10H,5-7H2,1-4H3. The van der Waals surface area contributed by atoms with Gasteiger partial charge in [-0.25, -0.2) is 0 Å². The van der Waals surface area contributed by atoms with Gasteiger partial charge in [-0.15, -0.1) is 0 Å². The highest BCUT2D eigenvalue weighted by Crippen LogP contribution is 2.61. The van der Waals surface area contributed by atoms with Crippen LogP contribution in [0, 0.1) is 23.2 Å². The van der Waals surface area contributed by atoms with Crippen molar-refractivity contribution in [2.24, 2.45) is 23.2 Å². The number of piperidine rings is 1. The molecule has 0 radical (unpaired) electrons. The third-order valence-corrected chi connectivity index (χ3v) is 3.82. The summed E-state index contributed by atoms with van der Waals surface area (Å²) in [4.78, 5) is 2.64. The summed E-state index contributed by atoms with van der Waals surface area (Å²) in [6.07, 6.45) is 0. The Morgan fingerprint density at radius 1 is 1.25 bits per heavy atom. The number of hydrogen-bond acceptors (Lipinski definition) is 1. The van der Waals surface area contributed by atoms with E-state index in [2.05, 4.69) is 32.6 Å². The van der Waals surface area contributed by atoms with Gasteiger partial charge in [-0.1, -0.05) is 27.7 Å². The monoisotopic (exact) mass is 167 g/mol. The van der Waals surface area contributed by atoms with Gasteiger partial charge < -0.3 is 4.90 Å². The molecule has 2 unspecified atom stereocenters. The van der Waals surface area contributed by atoms with Crippen molar-refractivity contribution in [2.75, 3.05) is 19.6 Å². The molecule has 2 fully saturated rings. The van der Waals surface area contributed by atoms with Gasteiger partial charge in [-0.3, -0.25) is 0 Å². The second-order valence-electron chi connectivity index (χ2n) is 5.65. The predicted molar refractivity (Wildman–Crippen MR) is 52.0 cm³/mol. The summed E-state index contributed by atoms with van der Waals surface area (Å²) in [5, 5.41) is 0. The molecule has 2 atom stereocenters. The second kappa shape index (κ2) is 2.47. The third kappa shape index (κ3) is 1.19. The molecule has 1 nitrogen and oxygen atoms in total. The Morgan fingerprint density at radius 3 is 2.17 bits per heavy atom. The number of nitrogens with zero attached hydrogens (tertiary/aromatic N) is 1. The van der Waals surface area contributed by atoms with E-state index >= 15 is 0 Å². The molecule has 0 amide bonds. The first-order valence-corrected chi connectivity index (χ1v) is 5.24. The van der Waals surface area contributed by atoms with E-state index in [0.29, 0.717) is 5.41 Å². The summed E-state index contributed by atoms with van der Waals surface area (Å²) in [5.74, 6) is 2.89. The average Bonchev–Trinajstić information content (AvgIpc) is 2.38. The first-order chi connectivity index (χ1) is 5.51. The maximum Gasteiger partial charge on any atom is 0.00184 e. The molecule has 1 saturated carbocycles. The Bertz CT molecular complexity index is 169. The minimum absolute atomic E-state index is 0.688. The predicted octanol–water partition coefficient (Wildman–Crippen LogP) is 2.23. The summed E-state index contributed by atoms with van der Waals surface area (Å²) in [6, 6.07) is 0. The van der Waals surface area contributed by atoms with Gasteiger partial charge in [0.2, 0.25) is 0 Å². The summed E-state index contributed by atoms with van der Waals surface area (Å²) in [5.41, 5.74) is 0.688. The number of likely N-dealkylation sites (tertiary alicyclic amines) is 1. The molecule has 70 valence electrons. The Hall–Kier alpha value is -0.0400. The van der Waals surface area contributed by atoms with Gasteiger partial charge in [0, 0.05) is 19.6 Å². The lowest BCUT2D eigenvalue weighted by molar-refractivity contribution is 0.234. The van der Waals surface area contributed by atoms with E-state index in [1.807, 2.05) is 0 Å². The molecule has 0 bridgehead atoms. The smallest absolute Gasteiger partial charge is 0.00184 e. The fourth-order valence-corrected chi connectivity index (χ4v) is 2.88. The molecule has 1 aliphatic heterocycles. The zero-order valence-electron chi connectivity index (χ0n) is 8.80. The molecule has 1 heteroatoms. The number of fused-ring (bicyclic) bond motifs is 1. The first kappa shape index (κ1) is 8.55. The van der Waals surface area contributed by atoms with E-state index in [1.54, 1.807) is 0 Å². The highest BCUT2D eigenvalue weighted by molar-refractivity contribution is 5.11. The second-order valence-corrected chi connectivity index (χ2v) is 5.65. The van der Waals surface area contributed by atoms with Crippen molar-refractivity contribution >= 4 is 0 Å². The lowest BCUT2D eigenvalue weighted by Gasteiger charge is -2.23. The van der Waals surface area contributed by atoms with Crippen molar-refractivity contribution in [3.8, 4) is 0 Å². The number of hydrogen-bond donors (Lipinski definition) is 0. The van der Waals surface area contributed by atoms with Crippen molar-refractivity contribution in [1.29, 1.82) is 0 Å². The third-order valence-electron chi connectivity index (χ3n) is 3.82. The van der Waals surface area contributed by atoms with Crippen LogP contribution in [0.1, 0.15) is 27.7 Å². The van der Waals surface area contributed by atoms with E-state index in [0.717, 1.165) is 17.8 Å². The van der Waals surface area contributed by atoms with Crippen LogP contribution in [0.15, 0.2) is 0 Å². The molecule has 12 heavy (non-hydrogen) atoms. The molecule has 0 spiro atoms. The largest absolute Gasteiger partial charge is 0.302 e. The number of rotatable bonds is 2. The summed E-state index contributed by atoms with van der Waals surface area (Å²) in [6.45, 7) is 13.5. The van der Waals surface area contributed by atoms with E-state index in [4.69, 9.17) is 0 Å². The van der Waals surface area contributed by atoms with Crippen LogP contribution < -0.4 is 0 Å². The van der Waals surface area contributed by atoms with E-state index in [-0.39, 0.29) is 0 Å².